The lowest BCUT2D eigenvalue weighted by molar-refractivity contribution is -0.134. The van der Waals surface area contributed by atoms with Crippen molar-refractivity contribution in [2.45, 2.75) is 59.4 Å². The van der Waals surface area contributed by atoms with Crippen molar-refractivity contribution in [1.82, 2.24) is 4.90 Å². The number of hydrogen-bond donors (Lipinski definition) is 1. The Kier molecular flexibility index (Phi) is 9.10. The Morgan fingerprint density at radius 1 is 1.21 bits per heavy atom. The van der Waals surface area contributed by atoms with Gasteiger partial charge in [0.25, 0.3) is 0 Å². The summed E-state index contributed by atoms with van der Waals surface area (Å²) in [5.41, 5.74) is -0.0482. The first-order valence-electron chi connectivity index (χ1n) is 11.3. The van der Waals surface area contributed by atoms with Crippen molar-refractivity contribution in [1.29, 1.82) is 0 Å². The molecule has 0 saturated heterocycles. The van der Waals surface area contributed by atoms with E-state index in [4.69, 9.17) is 4.74 Å². The van der Waals surface area contributed by atoms with Gasteiger partial charge in [-0.3, -0.25) is 14.5 Å². The van der Waals surface area contributed by atoms with E-state index < -0.39 is 12.0 Å². The summed E-state index contributed by atoms with van der Waals surface area (Å²) in [5, 5.41) is 9.94. The van der Waals surface area contributed by atoms with E-state index in [1.54, 1.807) is 20.2 Å². The molecule has 1 fully saturated rings. The van der Waals surface area contributed by atoms with Crippen LogP contribution in [0.4, 0.5) is 5.69 Å². The van der Waals surface area contributed by atoms with Crippen LogP contribution in [-0.2, 0) is 14.3 Å². The van der Waals surface area contributed by atoms with E-state index in [9.17, 15) is 19.5 Å². The quantitative estimate of drug-likeness (QED) is 0.599. The highest BCUT2D eigenvalue weighted by molar-refractivity contribution is 7.15. The number of hydrogen-bond acceptors (Lipinski definition) is 5. The molecular formula is C25H36N2O5S. The second-order valence-electron chi connectivity index (χ2n) is 10.00. The molecule has 0 aliphatic heterocycles. The molecule has 1 aliphatic rings. The molecule has 1 N–H and O–H groups in total. The molecule has 1 saturated carbocycles. The molecule has 0 bridgehead atoms. The number of likely N-dealkylation sites (N-methyl/N-ethyl adjacent to an activating group) is 1. The number of nitrogens with zero attached hydrogens (tertiary/aromatic N) is 2. The van der Waals surface area contributed by atoms with Crippen molar-refractivity contribution in [2.75, 3.05) is 32.7 Å². The molecule has 1 aromatic heterocycles. The topological polar surface area (TPSA) is 87.2 Å². The fraction of sp³-hybridized carbons (Fsp3) is 0.640. The Morgan fingerprint density at radius 3 is 2.30 bits per heavy atom. The standard InChI is InChI=1S/C25H36N2O5S/c1-16-8-10-17(11-9-16)22(28)27(20(15-32-7)23(29)26(5)6)19-14-18(12-13-25(2,3)4)33-21(19)24(30)31/h14,16-17,20H,8-11,15H2,1-7H3,(H,30,31)/t16?,17?,20-/m0/s1. The maximum atomic E-state index is 13.8. The first-order chi connectivity index (χ1) is 15.4. The monoisotopic (exact) mass is 476 g/mol. The second kappa shape index (κ2) is 11.2. The van der Waals surface area contributed by atoms with E-state index in [1.807, 2.05) is 20.8 Å². The number of carboxylic acid groups (broad SMARTS) is 1. The molecule has 8 heteroatoms. The third-order valence-electron chi connectivity index (χ3n) is 5.69. The lowest BCUT2D eigenvalue weighted by Gasteiger charge is -2.36. The number of rotatable bonds is 7. The van der Waals surface area contributed by atoms with Crippen LogP contribution >= 0.6 is 11.3 Å². The van der Waals surface area contributed by atoms with Gasteiger partial charge in [-0.05, 0) is 58.4 Å². The fourth-order valence-electron chi connectivity index (χ4n) is 3.88. The first kappa shape index (κ1) is 26.9. The van der Waals surface area contributed by atoms with E-state index in [1.165, 1.54) is 16.9 Å². The first-order valence-corrected chi connectivity index (χ1v) is 12.1. The van der Waals surface area contributed by atoms with Crippen LogP contribution in [0.25, 0.3) is 0 Å². The maximum Gasteiger partial charge on any atom is 0.348 e. The predicted molar refractivity (Wildman–Crippen MR) is 131 cm³/mol. The zero-order valence-corrected chi connectivity index (χ0v) is 21.5. The number of carbonyl (C=O) groups excluding carboxylic acids is 2. The molecular weight excluding hydrogens is 440 g/mol. The van der Waals surface area contributed by atoms with E-state index in [-0.39, 0.29) is 40.3 Å². The number of methoxy groups -OCH3 is 1. The third kappa shape index (κ3) is 7.05. The molecule has 0 aromatic carbocycles. The Bertz CT molecular complexity index is 927. The van der Waals surface area contributed by atoms with Crippen LogP contribution in [0.2, 0.25) is 0 Å². The summed E-state index contributed by atoms with van der Waals surface area (Å²) in [4.78, 5) is 42.4. The van der Waals surface area contributed by atoms with Gasteiger partial charge in [-0.15, -0.1) is 11.3 Å². The number of aromatic carboxylic acids is 1. The number of thiophene rings is 1. The van der Waals surface area contributed by atoms with Crippen LogP contribution in [0.15, 0.2) is 6.07 Å². The summed E-state index contributed by atoms with van der Waals surface area (Å²) in [5.74, 6) is 4.75. The average Bonchev–Trinajstić information content (AvgIpc) is 3.15. The Hall–Kier alpha value is -2.37. The Morgan fingerprint density at radius 2 is 1.82 bits per heavy atom. The molecule has 1 aliphatic carbocycles. The predicted octanol–water partition coefficient (Wildman–Crippen LogP) is 4.11. The highest BCUT2D eigenvalue weighted by Crippen LogP contribution is 2.36. The summed E-state index contributed by atoms with van der Waals surface area (Å²) in [6.07, 6.45) is 3.29. The van der Waals surface area contributed by atoms with E-state index in [0.29, 0.717) is 10.8 Å². The van der Waals surface area contributed by atoms with Gasteiger partial charge in [0.05, 0.1) is 17.2 Å². The summed E-state index contributed by atoms with van der Waals surface area (Å²) >= 11 is 1.02. The number of amides is 2. The molecule has 0 unspecified atom stereocenters. The summed E-state index contributed by atoms with van der Waals surface area (Å²) < 4.78 is 5.32. The normalized spacial score (nSPS) is 19.2. The molecule has 7 nitrogen and oxygen atoms in total. The molecule has 33 heavy (non-hydrogen) atoms. The molecule has 1 heterocycles. The van der Waals surface area contributed by atoms with Crippen LogP contribution in [0, 0.1) is 29.1 Å². The van der Waals surface area contributed by atoms with Gasteiger partial charge in [-0.1, -0.05) is 18.8 Å². The SMILES string of the molecule is COC[C@@H](C(=O)N(C)C)N(C(=O)C1CCC(C)CC1)c1cc(C#CC(C)(C)C)sc1C(=O)O. The Labute approximate surface area is 201 Å². The van der Waals surface area contributed by atoms with Gasteiger partial charge in [0.1, 0.15) is 10.9 Å². The summed E-state index contributed by atoms with van der Waals surface area (Å²) in [6, 6.07) is 0.662. The minimum absolute atomic E-state index is 0.00149. The summed E-state index contributed by atoms with van der Waals surface area (Å²) in [7, 11) is 4.69. The minimum Gasteiger partial charge on any atom is -0.477 e. The van der Waals surface area contributed by atoms with Crippen LogP contribution < -0.4 is 4.90 Å². The van der Waals surface area contributed by atoms with Crippen LogP contribution in [0.5, 0.6) is 0 Å². The third-order valence-corrected chi connectivity index (χ3v) is 6.72. The van der Waals surface area contributed by atoms with Gasteiger partial charge in [-0.25, -0.2) is 4.79 Å². The summed E-state index contributed by atoms with van der Waals surface area (Å²) in [6.45, 7) is 8.04. The van der Waals surface area contributed by atoms with Crippen LogP contribution in [-0.4, -0.2) is 61.6 Å². The van der Waals surface area contributed by atoms with Gasteiger partial charge >= 0.3 is 5.97 Å². The Balaban J connectivity index is 2.64. The smallest absolute Gasteiger partial charge is 0.348 e. The van der Waals surface area contributed by atoms with Gasteiger partial charge in [-0.2, -0.15) is 0 Å². The zero-order valence-electron chi connectivity index (χ0n) is 20.7. The molecule has 2 amide bonds. The lowest BCUT2D eigenvalue weighted by Crippen LogP contribution is -2.54. The van der Waals surface area contributed by atoms with Crippen LogP contribution in [0.1, 0.15) is 67.9 Å². The highest BCUT2D eigenvalue weighted by Gasteiger charge is 2.39. The fourth-order valence-corrected chi connectivity index (χ4v) is 4.72. The maximum absolute atomic E-state index is 13.8. The zero-order chi connectivity index (χ0) is 24.9. The van der Waals surface area contributed by atoms with E-state index >= 15 is 0 Å². The molecule has 1 aromatic rings. The van der Waals surface area contributed by atoms with Crippen molar-refractivity contribution in [2.24, 2.45) is 17.3 Å². The van der Waals surface area contributed by atoms with Crippen molar-refractivity contribution in [3.05, 3.63) is 15.8 Å². The van der Waals surface area contributed by atoms with Crippen molar-refractivity contribution >= 4 is 34.8 Å². The van der Waals surface area contributed by atoms with E-state index in [2.05, 4.69) is 18.8 Å². The molecule has 2 rings (SSSR count). The van der Waals surface area contributed by atoms with Crippen LogP contribution in [0.3, 0.4) is 0 Å². The molecule has 0 radical (unpaired) electrons. The molecule has 0 spiro atoms. The second-order valence-corrected chi connectivity index (χ2v) is 11.1. The molecule has 1 atom stereocenters. The largest absolute Gasteiger partial charge is 0.477 e. The van der Waals surface area contributed by atoms with Crippen molar-refractivity contribution < 1.29 is 24.2 Å². The van der Waals surface area contributed by atoms with Gasteiger partial charge in [0.2, 0.25) is 11.8 Å². The van der Waals surface area contributed by atoms with Gasteiger partial charge in [0.15, 0.2) is 0 Å². The average molecular weight is 477 g/mol. The minimum atomic E-state index is -1.15. The lowest BCUT2D eigenvalue weighted by atomic mass is 9.82. The molecule has 182 valence electrons. The number of carboxylic acids is 1. The van der Waals surface area contributed by atoms with Crippen molar-refractivity contribution in [3.63, 3.8) is 0 Å². The van der Waals surface area contributed by atoms with E-state index in [0.717, 1.165) is 37.0 Å². The number of anilines is 1. The number of ether oxygens (including phenoxy) is 1. The number of carbonyl (C=O) groups is 3. The van der Waals surface area contributed by atoms with Crippen molar-refractivity contribution in [3.8, 4) is 11.8 Å². The highest BCUT2D eigenvalue weighted by atomic mass is 32.1. The van der Waals surface area contributed by atoms with Gasteiger partial charge in [0, 0.05) is 32.5 Å². The van der Waals surface area contributed by atoms with Gasteiger partial charge < -0.3 is 14.7 Å².